The molecule has 0 unspecified atom stereocenters. The van der Waals surface area contributed by atoms with Crippen molar-refractivity contribution >= 4 is 5.78 Å². The van der Waals surface area contributed by atoms with E-state index >= 15 is 0 Å². The Morgan fingerprint density at radius 1 is 1.29 bits per heavy atom. The zero-order valence-electron chi connectivity index (χ0n) is 8.20. The Balaban J connectivity index is 2.13. The van der Waals surface area contributed by atoms with E-state index in [2.05, 4.69) is 24.3 Å². The van der Waals surface area contributed by atoms with Gasteiger partial charge in [0.1, 0.15) is 5.78 Å². The number of carbonyl (C=O) groups is 1. The van der Waals surface area contributed by atoms with Crippen LogP contribution in [0.1, 0.15) is 36.3 Å². The first kappa shape index (κ1) is 9.41. The average Bonchev–Trinajstić information content (AvgIpc) is 2.65. The number of rotatable bonds is 2. The van der Waals surface area contributed by atoms with E-state index in [0.717, 1.165) is 24.8 Å². The number of carbonyl (C=O) groups excluding carboxylic acids is 1. The Morgan fingerprint density at radius 2 is 2.00 bits per heavy atom. The van der Waals surface area contributed by atoms with Gasteiger partial charge in [-0.25, -0.2) is 0 Å². The molecule has 1 saturated carbocycles. The van der Waals surface area contributed by atoms with Crippen LogP contribution in [0.5, 0.6) is 0 Å². The number of Topliss-reactive ketones (excluding diaryl/α,β-unsaturated/α-hetero) is 1. The molecule has 0 heterocycles. The molecule has 2 nitrogen and oxygen atoms in total. The molecule has 0 aromatic heterocycles. The van der Waals surface area contributed by atoms with Crippen molar-refractivity contribution in [1.82, 2.24) is 0 Å². The van der Waals surface area contributed by atoms with E-state index in [0.29, 0.717) is 18.2 Å². The maximum atomic E-state index is 11.1. The highest BCUT2D eigenvalue weighted by molar-refractivity contribution is 5.81. The summed E-state index contributed by atoms with van der Waals surface area (Å²) in [6.07, 6.45) is 2.49. The quantitative estimate of drug-likeness (QED) is 0.773. The Bertz CT molecular complexity index is 329. The molecule has 0 amide bonds. The van der Waals surface area contributed by atoms with Gasteiger partial charge in [0.25, 0.3) is 0 Å². The minimum atomic E-state index is 0.401. The molecule has 2 heteroatoms. The number of ketones is 1. The molecule has 1 aromatic carbocycles. The maximum Gasteiger partial charge on any atom is 0.133 e. The monoisotopic (exact) mass is 189 g/mol. The average molecular weight is 189 g/mol. The van der Waals surface area contributed by atoms with Crippen molar-refractivity contribution in [1.29, 1.82) is 0 Å². The summed E-state index contributed by atoms with van der Waals surface area (Å²) < 4.78 is 0. The topological polar surface area (TPSA) is 43.1 Å². The molecule has 0 aliphatic heterocycles. The van der Waals surface area contributed by atoms with Crippen molar-refractivity contribution in [3.63, 3.8) is 0 Å². The van der Waals surface area contributed by atoms with E-state index in [-0.39, 0.29) is 0 Å². The van der Waals surface area contributed by atoms with Crippen molar-refractivity contribution in [2.24, 2.45) is 5.73 Å². The lowest BCUT2D eigenvalue weighted by Gasteiger charge is -2.08. The Hall–Kier alpha value is -1.15. The zero-order chi connectivity index (χ0) is 9.97. The zero-order valence-corrected chi connectivity index (χ0v) is 8.20. The second kappa shape index (κ2) is 3.93. The van der Waals surface area contributed by atoms with Crippen LogP contribution in [0.15, 0.2) is 24.3 Å². The molecule has 1 aliphatic carbocycles. The summed E-state index contributed by atoms with van der Waals surface area (Å²) in [4.78, 5) is 11.1. The van der Waals surface area contributed by atoms with Crippen molar-refractivity contribution < 1.29 is 4.79 Å². The molecule has 1 atom stereocenters. The Morgan fingerprint density at radius 3 is 2.50 bits per heavy atom. The third-order valence-corrected chi connectivity index (χ3v) is 2.93. The summed E-state index contributed by atoms with van der Waals surface area (Å²) in [6.45, 7) is 0.587. The van der Waals surface area contributed by atoms with Crippen LogP contribution >= 0.6 is 0 Å². The van der Waals surface area contributed by atoms with Gasteiger partial charge in [0.2, 0.25) is 0 Å². The first-order chi connectivity index (χ1) is 6.79. The molecule has 0 bridgehead atoms. The number of hydrogen-bond donors (Lipinski definition) is 1. The molecule has 74 valence electrons. The first-order valence-corrected chi connectivity index (χ1v) is 5.10. The van der Waals surface area contributed by atoms with E-state index in [4.69, 9.17) is 5.73 Å². The molecule has 2 rings (SSSR count). The fourth-order valence-corrected chi connectivity index (χ4v) is 2.02. The van der Waals surface area contributed by atoms with Gasteiger partial charge < -0.3 is 5.73 Å². The van der Waals surface area contributed by atoms with Gasteiger partial charge in [0, 0.05) is 19.4 Å². The summed E-state index contributed by atoms with van der Waals surface area (Å²) in [5, 5.41) is 0. The Labute approximate surface area is 84.1 Å². The normalized spacial score (nSPS) is 21.5. The van der Waals surface area contributed by atoms with E-state index in [1.165, 1.54) is 5.56 Å². The maximum absolute atomic E-state index is 11.1. The lowest BCUT2D eigenvalue weighted by molar-refractivity contribution is -0.117. The van der Waals surface area contributed by atoms with Crippen LogP contribution in [-0.4, -0.2) is 5.78 Å². The molecule has 14 heavy (non-hydrogen) atoms. The molecular formula is C12H15NO. The van der Waals surface area contributed by atoms with Crippen molar-refractivity contribution in [3.05, 3.63) is 35.4 Å². The minimum absolute atomic E-state index is 0.401. The molecule has 1 fully saturated rings. The molecule has 1 aliphatic rings. The molecule has 1 aromatic rings. The van der Waals surface area contributed by atoms with Gasteiger partial charge in [-0.05, 0) is 23.5 Å². The summed E-state index contributed by atoms with van der Waals surface area (Å²) in [5.74, 6) is 0.854. The minimum Gasteiger partial charge on any atom is -0.326 e. The standard InChI is InChI=1S/C12H15NO/c13-8-9-1-3-10(4-2-9)11-5-6-12(14)7-11/h1-4,11H,5-8,13H2/t11-/m0/s1. The second-order valence-corrected chi connectivity index (χ2v) is 3.92. The van der Waals surface area contributed by atoms with E-state index in [1.807, 2.05) is 0 Å². The van der Waals surface area contributed by atoms with E-state index < -0.39 is 0 Å². The highest BCUT2D eigenvalue weighted by atomic mass is 16.1. The molecule has 0 saturated heterocycles. The highest BCUT2D eigenvalue weighted by Crippen LogP contribution is 2.31. The number of nitrogens with two attached hydrogens (primary N) is 1. The highest BCUT2D eigenvalue weighted by Gasteiger charge is 2.22. The van der Waals surface area contributed by atoms with Crippen LogP contribution < -0.4 is 5.73 Å². The summed E-state index contributed by atoms with van der Waals surface area (Å²) >= 11 is 0. The summed E-state index contributed by atoms with van der Waals surface area (Å²) in [5.41, 5.74) is 7.96. The molecular weight excluding hydrogens is 174 g/mol. The van der Waals surface area contributed by atoms with Crippen LogP contribution in [0.25, 0.3) is 0 Å². The third-order valence-electron chi connectivity index (χ3n) is 2.93. The summed E-state index contributed by atoms with van der Waals surface area (Å²) in [6, 6.07) is 8.31. The fraction of sp³-hybridized carbons (Fsp3) is 0.417. The van der Waals surface area contributed by atoms with Gasteiger partial charge >= 0.3 is 0 Å². The van der Waals surface area contributed by atoms with Crippen LogP contribution in [0.4, 0.5) is 0 Å². The van der Waals surface area contributed by atoms with Crippen LogP contribution in [0.3, 0.4) is 0 Å². The lowest BCUT2D eigenvalue weighted by Crippen LogP contribution is -1.98. The van der Waals surface area contributed by atoms with Gasteiger partial charge in [0.05, 0.1) is 0 Å². The van der Waals surface area contributed by atoms with Crippen LogP contribution in [0.2, 0.25) is 0 Å². The van der Waals surface area contributed by atoms with Gasteiger partial charge in [-0.15, -0.1) is 0 Å². The van der Waals surface area contributed by atoms with Crippen molar-refractivity contribution in [3.8, 4) is 0 Å². The van der Waals surface area contributed by atoms with Gasteiger partial charge in [-0.2, -0.15) is 0 Å². The molecule has 2 N–H and O–H groups in total. The van der Waals surface area contributed by atoms with Crippen LogP contribution in [0, 0.1) is 0 Å². The van der Waals surface area contributed by atoms with E-state index in [1.54, 1.807) is 0 Å². The fourth-order valence-electron chi connectivity index (χ4n) is 2.02. The predicted molar refractivity (Wildman–Crippen MR) is 55.9 cm³/mol. The number of hydrogen-bond acceptors (Lipinski definition) is 2. The van der Waals surface area contributed by atoms with Crippen molar-refractivity contribution in [2.45, 2.75) is 31.7 Å². The first-order valence-electron chi connectivity index (χ1n) is 5.10. The summed E-state index contributed by atoms with van der Waals surface area (Å²) in [7, 11) is 0. The van der Waals surface area contributed by atoms with Crippen LogP contribution in [-0.2, 0) is 11.3 Å². The SMILES string of the molecule is NCc1ccc([C@H]2CCC(=O)C2)cc1. The largest absolute Gasteiger partial charge is 0.326 e. The van der Waals surface area contributed by atoms with Gasteiger partial charge in [0.15, 0.2) is 0 Å². The Kier molecular flexibility index (Phi) is 2.64. The second-order valence-electron chi connectivity index (χ2n) is 3.92. The smallest absolute Gasteiger partial charge is 0.133 e. The lowest BCUT2D eigenvalue weighted by atomic mass is 9.97. The molecule has 0 radical (unpaired) electrons. The third kappa shape index (κ3) is 1.85. The van der Waals surface area contributed by atoms with Gasteiger partial charge in [-0.1, -0.05) is 24.3 Å². The van der Waals surface area contributed by atoms with Gasteiger partial charge in [-0.3, -0.25) is 4.79 Å². The van der Waals surface area contributed by atoms with E-state index in [9.17, 15) is 4.79 Å². The molecule has 0 spiro atoms. The van der Waals surface area contributed by atoms with Crippen molar-refractivity contribution in [2.75, 3.05) is 0 Å². The predicted octanol–water partition coefficient (Wildman–Crippen LogP) is 1.98. The number of benzene rings is 1.